The monoisotopic (exact) mass is 260 g/mol. The van der Waals surface area contributed by atoms with Gasteiger partial charge in [0, 0.05) is 0 Å². The molecule has 19 heavy (non-hydrogen) atoms. The molecular formula is C15H17FN2O. The van der Waals surface area contributed by atoms with Gasteiger partial charge in [-0.05, 0) is 42.8 Å². The maximum absolute atomic E-state index is 14.0. The van der Waals surface area contributed by atoms with E-state index in [1.54, 1.807) is 13.2 Å². The molecule has 0 saturated heterocycles. The molecule has 2 aromatic rings. The maximum Gasteiger partial charge on any atom is 0.146 e. The van der Waals surface area contributed by atoms with E-state index in [0.29, 0.717) is 24.4 Å². The molecule has 0 amide bonds. The summed E-state index contributed by atoms with van der Waals surface area (Å²) in [6.45, 7) is 0.513. The number of anilines is 2. The topological polar surface area (TPSA) is 47.3 Å². The number of hydrogen-bond acceptors (Lipinski definition) is 3. The van der Waals surface area contributed by atoms with Crippen LogP contribution in [0.3, 0.4) is 0 Å². The van der Waals surface area contributed by atoms with Gasteiger partial charge in [0.1, 0.15) is 11.6 Å². The maximum atomic E-state index is 14.0. The Kier molecular flexibility index (Phi) is 4.36. The van der Waals surface area contributed by atoms with Gasteiger partial charge in [0.15, 0.2) is 0 Å². The number of para-hydroxylation sites is 2. The third-order valence-electron chi connectivity index (χ3n) is 2.84. The first-order valence-electron chi connectivity index (χ1n) is 6.13. The summed E-state index contributed by atoms with van der Waals surface area (Å²) in [5.41, 5.74) is 7.50. The number of methoxy groups -OCH3 is 1. The fourth-order valence-corrected chi connectivity index (χ4v) is 1.88. The number of hydrogen-bond donors (Lipinski definition) is 2. The summed E-state index contributed by atoms with van der Waals surface area (Å²) in [5, 5.41) is 3.03. The van der Waals surface area contributed by atoms with Gasteiger partial charge >= 0.3 is 0 Å². The van der Waals surface area contributed by atoms with Gasteiger partial charge < -0.3 is 15.8 Å². The molecule has 0 radical (unpaired) electrons. The van der Waals surface area contributed by atoms with Crippen molar-refractivity contribution in [2.24, 2.45) is 5.73 Å². The molecule has 3 nitrogen and oxygen atoms in total. The van der Waals surface area contributed by atoms with Crippen LogP contribution in [0.15, 0.2) is 42.5 Å². The summed E-state index contributed by atoms with van der Waals surface area (Å²) >= 11 is 0. The summed E-state index contributed by atoms with van der Waals surface area (Å²) in [6, 6.07) is 12.5. The van der Waals surface area contributed by atoms with Crippen molar-refractivity contribution in [3.05, 3.63) is 53.8 Å². The number of benzene rings is 2. The van der Waals surface area contributed by atoms with Gasteiger partial charge in [0.2, 0.25) is 0 Å². The van der Waals surface area contributed by atoms with E-state index in [9.17, 15) is 4.39 Å². The van der Waals surface area contributed by atoms with Crippen molar-refractivity contribution in [1.29, 1.82) is 0 Å². The second-order valence-electron chi connectivity index (χ2n) is 4.18. The van der Waals surface area contributed by atoms with E-state index >= 15 is 0 Å². The number of ether oxygens (including phenoxy) is 1. The number of rotatable bonds is 5. The normalized spacial score (nSPS) is 10.3. The number of nitrogens with two attached hydrogens (primary N) is 1. The number of nitrogens with one attached hydrogen (secondary N) is 1. The van der Waals surface area contributed by atoms with E-state index in [4.69, 9.17) is 10.5 Å². The standard InChI is InChI=1S/C15H17FN2O/c1-19-15-5-3-2-4-14(15)18-13-7-6-11(8-9-17)10-12(13)16/h2-7,10,18H,8-9,17H2,1H3. The second kappa shape index (κ2) is 6.20. The van der Waals surface area contributed by atoms with E-state index < -0.39 is 0 Å². The lowest BCUT2D eigenvalue weighted by Crippen LogP contribution is -2.03. The molecule has 2 rings (SSSR count). The molecule has 0 aliphatic carbocycles. The average Bonchev–Trinajstić information content (AvgIpc) is 2.43. The van der Waals surface area contributed by atoms with Crippen molar-refractivity contribution in [3.8, 4) is 5.75 Å². The molecule has 0 bridgehead atoms. The molecule has 0 saturated carbocycles. The fourth-order valence-electron chi connectivity index (χ4n) is 1.88. The van der Waals surface area contributed by atoms with Crippen LogP contribution in [0.1, 0.15) is 5.56 Å². The molecule has 100 valence electrons. The van der Waals surface area contributed by atoms with Crippen LogP contribution in [0, 0.1) is 5.82 Å². The minimum absolute atomic E-state index is 0.295. The Balaban J connectivity index is 2.23. The lowest BCUT2D eigenvalue weighted by atomic mass is 10.1. The Hall–Kier alpha value is -2.07. The van der Waals surface area contributed by atoms with E-state index in [-0.39, 0.29) is 5.82 Å². The molecule has 0 spiro atoms. The molecule has 0 heterocycles. The van der Waals surface area contributed by atoms with Crippen LogP contribution in [0.25, 0.3) is 0 Å². The Morgan fingerprint density at radius 3 is 2.63 bits per heavy atom. The van der Waals surface area contributed by atoms with Crippen LogP contribution >= 0.6 is 0 Å². The summed E-state index contributed by atoms with van der Waals surface area (Å²) in [7, 11) is 1.58. The zero-order valence-corrected chi connectivity index (χ0v) is 10.8. The fraction of sp³-hybridized carbons (Fsp3) is 0.200. The van der Waals surface area contributed by atoms with Crippen molar-refractivity contribution in [1.82, 2.24) is 0 Å². The summed E-state index contributed by atoms with van der Waals surface area (Å²) in [5.74, 6) is 0.379. The van der Waals surface area contributed by atoms with Crippen molar-refractivity contribution in [3.63, 3.8) is 0 Å². The minimum atomic E-state index is -0.295. The van der Waals surface area contributed by atoms with Crippen LogP contribution < -0.4 is 15.8 Å². The molecule has 3 N–H and O–H groups in total. The van der Waals surface area contributed by atoms with Gasteiger partial charge in [-0.25, -0.2) is 4.39 Å². The second-order valence-corrected chi connectivity index (χ2v) is 4.18. The molecule has 0 aliphatic heterocycles. The van der Waals surface area contributed by atoms with E-state index in [1.165, 1.54) is 6.07 Å². The lowest BCUT2D eigenvalue weighted by Gasteiger charge is -2.12. The van der Waals surface area contributed by atoms with Gasteiger partial charge in [-0.3, -0.25) is 0 Å². The first kappa shape index (κ1) is 13.4. The van der Waals surface area contributed by atoms with Gasteiger partial charge in [0.25, 0.3) is 0 Å². The van der Waals surface area contributed by atoms with Crippen LogP contribution in [0.4, 0.5) is 15.8 Å². The third kappa shape index (κ3) is 3.23. The molecule has 0 fully saturated rings. The molecule has 4 heteroatoms. The zero-order valence-electron chi connectivity index (χ0n) is 10.8. The van der Waals surface area contributed by atoms with Crippen LogP contribution in [-0.2, 0) is 6.42 Å². The van der Waals surface area contributed by atoms with Crippen molar-refractivity contribution < 1.29 is 9.13 Å². The molecule has 0 atom stereocenters. The molecule has 2 aromatic carbocycles. The summed E-state index contributed by atoms with van der Waals surface area (Å²) in [6.07, 6.45) is 0.672. The van der Waals surface area contributed by atoms with Crippen LogP contribution in [0.5, 0.6) is 5.75 Å². The summed E-state index contributed by atoms with van der Waals surface area (Å²) in [4.78, 5) is 0. The SMILES string of the molecule is COc1ccccc1Nc1ccc(CCN)cc1F. The Morgan fingerprint density at radius 1 is 1.16 bits per heavy atom. The van der Waals surface area contributed by atoms with Gasteiger partial charge in [0.05, 0.1) is 18.5 Å². The van der Waals surface area contributed by atoms with Gasteiger partial charge in [-0.2, -0.15) is 0 Å². The quantitative estimate of drug-likeness (QED) is 0.868. The molecule has 0 unspecified atom stereocenters. The van der Waals surface area contributed by atoms with E-state index in [2.05, 4.69) is 5.32 Å². The predicted molar refractivity (Wildman–Crippen MR) is 75.4 cm³/mol. The summed E-state index contributed by atoms with van der Waals surface area (Å²) < 4.78 is 19.2. The van der Waals surface area contributed by atoms with Crippen LogP contribution in [0.2, 0.25) is 0 Å². The van der Waals surface area contributed by atoms with Gasteiger partial charge in [-0.15, -0.1) is 0 Å². The van der Waals surface area contributed by atoms with Crippen molar-refractivity contribution >= 4 is 11.4 Å². The van der Waals surface area contributed by atoms with Crippen LogP contribution in [-0.4, -0.2) is 13.7 Å². The molecule has 0 aliphatic rings. The minimum Gasteiger partial charge on any atom is -0.495 e. The highest BCUT2D eigenvalue weighted by molar-refractivity contribution is 5.66. The molecular weight excluding hydrogens is 243 g/mol. The highest BCUT2D eigenvalue weighted by Crippen LogP contribution is 2.28. The predicted octanol–water partition coefficient (Wildman–Crippen LogP) is 3.08. The van der Waals surface area contributed by atoms with Crippen molar-refractivity contribution in [2.45, 2.75) is 6.42 Å². The van der Waals surface area contributed by atoms with Crippen molar-refractivity contribution in [2.75, 3.05) is 19.0 Å². The lowest BCUT2D eigenvalue weighted by molar-refractivity contribution is 0.417. The number of halogens is 1. The Morgan fingerprint density at radius 2 is 1.95 bits per heavy atom. The zero-order chi connectivity index (χ0) is 13.7. The largest absolute Gasteiger partial charge is 0.495 e. The first-order chi connectivity index (χ1) is 9.24. The first-order valence-corrected chi connectivity index (χ1v) is 6.13. The Bertz CT molecular complexity index is 558. The molecule has 0 aromatic heterocycles. The highest BCUT2D eigenvalue weighted by Gasteiger charge is 2.06. The highest BCUT2D eigenvalue weighted by atomic mass is 19.1. The average molecular weight is 260 g/mol. The van der Waals surface area contributed by atoms with Gasteiger partial charge in [-0.1, -0.05) is 18.2 Å². The van der Waals surface area contributed by atoms with E-state index in [1.807, 2.05) is 30.3 Å². The third-order valence-corrected chi connectivity index (χ3v) is 2.84. The van der Waals surface area contributed by atoms with E-state index in [0.717, 1.165) is 11.3 Å². The smallest absolute Gasteiger partial charge is 0.146 e. The Labute approximate surface area is 112 Å².